The van der Waals surface area contributed by atoms with Crippen LogP contribution in [0.15, 0.2) is 16.7 Å². The van der Waals surface area contributed by atoms with E-state index in [1.165, 1.54) is 12.3 Å². The maximum Gasteiger partial charge on any atom is 0.337 e. The van der Waals surface area contributed by atoms with E-state index in [4.69, 9.17) is 11.5 Å². The van der Waals surface area contributed by atoms with E-state index in [1.807, 2.05) is 6.92 Å². The number of anilines is 1. The van der Waals surface area contributed by atoms with Crippen molar-refractivity contribution in [3.8, 4) is 12.3 Å². The molecule has 0 bridgehead atoms. The highest BCUT2D eigenvalue weighted by Crippen LogP contribution is 2.21. The predicted molar refractivity (Wildman–Crippen MR) is 65.4 cm³/mol. The molecule has 0 radical (unpaired) electrons. The van der Waals surface area contributed by atoms with Crippen molar-refractivity contribution in [2.75, 3.05) is 5.32 Å². The quantitative estimate of drug-likeness (QED) is 0.833. The maximum absolute atomic E-state index is 10.7. The molecule has 0 aliphatic carbocycles. The van der Waals surface area contributed by atoms with E-state index in [9.17, 15) is 4.79 Å². The Morgan fingerprint density at radius 3 is 2.94 bits per heavy atom. The molecular formula is C11H11BrN2O2. The van der Waals surface area contributed by atoms with Crippen LogP contribution in [0.5, 0.6) is 0 Å². The summed E-state index contributed by atoms with van der Waals surface area (Å²) >= 11 is 3.25. The van der Waals surface area contributed by atoms with E-state index in [-0.39, 0.29) is 11.6 Å². The number of hydrogen-bond donors (Lipinski definition) is 2. The molecule has 0 aromatic carbocycles. The Hall–Kier alpha value is -1.54. The number of terminal acetylenes is 1. The largest absolute Gasteiger partial charge is 0.478 e. The second-order valence-corrected chi connectivity index (χ2v) is 3.99. The third kappa shape index (κ3) is 2.97. The fraction of sp³-hybridized carbons (Fsp3) is 0.273. The van der Waals surface area contributed by atoms with Gasteiger partial charge in [-0.15, -0.1) is 6.42 Å². The Balaban J connectivity index is 2.92. The van der Waals surface area contributed by atoms with Gasteiger partial charge in [0.25, 0.3) is 0 Å². The first-order valence-electron chi connectivity index (χ1n) is 4.70. The number of aromatic carboxylic acids is 1. The van der Waals surface area contributed by atoms with Crippen molar-refractivity contribution in [1.82, 2.24) is 4.98 Å². The van der Waals surface area contributed by atoms with Gasteiger partial charge in [-0.3, -0.25) is 0 Å². The zero-order valence-electron chi connectivity index (χ0n) is 8.70. The smallest absolute Gasteiger partial charge is 0.337 e. The molecule has 5 heteroatoms. The van der Waals surface area contributed by atoms with Crippen LogP contribution in [0.4, 0.5) is 5.82 Å². The van der Waals surface area contributed by atoms with Crippen LogP contribution in [-0.4, -0.2) is 22.1 Å². The number of carboxylic acid groups (broad SMARTS) is 1. The van der Waals surface area contributed by atoms with Crippen molar-refractivity contribution in [1.29, 1.82) is 0 Å². The SMILES string of the molecule is C#CC(CC)Nc1ncc(C(=O)O)cc1Br. The van der Waals surface area contributed by atoms with Crippen LogP contribution in [0.25, 0.3) is 0 Å². The van der Waals surface area contributed by atoms with Gasteiger partial charge < -0.3 is 10.4 Å². The van der Waals surface area contributed by atoms with Crippen molar-refractivity contribution in [2.24, 2.45) is 0 Å². The molecule has 0 aliphatic heterocycles. The monoisotopic (exact) mass is 282 g/mol. The number of aromatic nitrogens is 1. The second-order valence-electron chi connectivity index (χ2n) is 3.13. The van der Waals surface area contributed by atoms with Crippen molar-refractivity contribution < 1.29 is 9.90 Å². The number of halogens is 1. The summed E-state index contributed by atoms with van der Waals surface area (Å²) in [6, 6.07) is 1.38. The molecule has 1 atom stereocenters. The third-order valence-electron chi connectivity index (χ3n) is 2.01. The molecule has 1 heterocycles. The van der Waals surface area contributed by atoms with Gasteiger partial charge in [0.05, 0.1) is 16.1 Å². The van der Waals surface area contributed by atoms with Crippen LogP contribution < -0.4 is 5.32 Å². The van der Waals surface area contributed by atoms with E-state index >= 15 is 0 Å². The summed E-state index contributed by atoms with van der Waals surface area (Å²) in [6.07, 6.45) is 7.37. The minimum Gasteiger partial charge on any atom is -0.478 e. The molecule has 0 saturated carbocycles. The summed E-state index contributed by atoms with van der Waals surface area (Å²) in [5.74, 6) is 2.12. The van der Waals surface area contributed by atoms with Gasteiger partial charge >= 0.3 is 5.97 Å². The standard InChI is InChI=1S/C11H11BrN2O2/c1-3-8(4-2)14-10-9(12)5-7(6-13-10)11(15)16/h1,5-6,8H,4H2,2H3,(H,13,14)(H,15,16). The molecule has 1 aromatic rings. The summed E-state index contributed by atoms with van der Waals surface area (Å²) in [5, 5.41) is 11.8. The third-order valence-corrected chi connectivity index (χ3v) is 2.61. The highest BCUT2D eigenvalue weighted by atomic mass is 79.9. The van der Waals surface area contributed by atoms with Crippen LogP contribution in [0.2, 0.25) is 0 Å². The van der Waals surface area contributed by atoms with E-state index in [2.05, 4.69) is 32.2 Å². The topological polar surface area (TPSA) is 62.2 Å². The average molecular weight is 283 g/mol. The van der Waals surface area contributed by atoms with E-state index < -0.39 is 5.97 Å². The molecular weight excluding hydrogens is 272 g/mol. The Morgan fingerprint density at radius 2 is 2.50 bits per heavy atom. The van der Waals surface area contributed by atoms with Crippen LogP contribution in [0, 0.1) is 12.3 Å². The zero-order chi connectivity index (χ0) is 12.1. The lowest BCUT2D eigenvalue weighted by Crippen LogP contribution is -2.17. The highest BCUT2D eigenvalue weighted by Gasteiger charge is 2.10. The average Bonchev–Trinajstić information content (AvgIpc) is 2.27. The van der Waals surface area contributed by atoms with Gasteiger partial charge in [-0.05, 0) is 28.4 Å². The number of carbonyl (C=O) groups is 1. The fourth-order valence-electron chi connectivity index (χ4n) is 1.09. The molecule has 2 N–H and O–H groups in total. The Bertz CT molecular complexity index is 440. The zero-order valence-corrected chi connectivity index (χ0v) is 10.3. The van der Waals surface area contributed by atoms with Crippen molar-refractivity contribution in [3.63, 3.8) is 0 Å². The van der Waals surface area contributed by atoms with Crippen molar-refractivity contribution in [3.05, 3.63) is 22.3 Å². The molecule has 1 aromatic heterocycles. The number of nitrogens with one attached hydrogen (secondary N) is 1. The molecule has 0 aliphatic rings. The summed E-state index contributed by atoms with van der Waals surface area (Å²) in [6.45, 7) is 1.96. The molecule has 84 valence electrons. The van der Waals surface area contributed by atoms with Crippen LogP contribution >= 0.6 is 15.9 Å². The minimum atomic E-state index is -1.01. The highest BCUT2D eigenvalue weighted by molar-refractivity contribution is 9.10. The Morgan fingerprint density at radius 1 is 1.81 bits per heavy atom. The van der Waals surface area contributed by atoms with Gasteiger partial charge in [0.1, 0.15) is 5.82 Å². The van der Waals surface area contributed by atoms with Crippen molar-refractivity contribution >= 4 is 27.7 Å². The molecule has 1 rings (SSSR count). The fourth-order valence-corrected chi connectivity index (χ4v) is 1.55. The summed E-state index contributed by atoms with van der Waals surface area (Å²) in [7, 11) is 0. The number of nitrogens with zero attached hydrogens (tertiary/aromatic N) is 1. The van der Waals surface area contributed by atoms with Gasteiger partial charge in [0.15, 0.2) is 0 Å². The first-order chi connectivity index (χ1) is 7.58. The summed E-state index contributed by atoms with van der Waals surface area (Å²) < 4.78 is 0.584. The van der Waals surface area contributed by atoms with Gasteiger partial charge in [-0.2, -0.15) is 0 Å². The Labute approximate surface area is 102 Å². The first kappa shape index (κ1) is 12.5. The van der Waals surface area contributed by atoms with E-state index in [0.717, 1.165) is 6.42 Å². The van der Waals surface area contributed by atoms with E-state index in [1.54, 1.807) is 0 Å². The molecule has 0 fully saturated rings. The van der Waals surface area contributed by atoms with Crippen molar-refractivity contribution in [2.45, 2.75) is 19.4 Å². The van der Waals surface area contributed by atoms with Gasteiger partial charge in [0.2, 0.25) is 0 Å². The summed E-state index contributed by atoms with van der Waals surface area (Å²) in [4.78, 5) is 14.7. The molecule has 1 unspecified atom stereocenters. The second kappa shape index (κ2) is 5.52. The number of hydrogen-bond acceptors (Lipinski definition) is 3. The minimum absolute atomic E-state index is 0.112. The normalized spacial score (nSPS) is 11.6. The summed E-state index contributed by atoms with van der Waals surface area (Å²) in [5.41, 5.74) is 0.131. The van der Waals surface area contributed by atoms with Crippen LogP contribution in [-0.2, 0) is 0 Å². The molecule has 16 heavy (non-hydrogen) atoms. The van der Waals surface area contributed by atoms with Crippen LogP contribution in [0.1, 0.15) is 23.7 Å². The number of pyridine rings is 1. The predicted octanol–water partition coefficient (Wildman–Crippen LogP) is 2.37. The lowest BCUT2D eigenvalue weighted by molar-refractivity contribution is 0.0696. The number of carboxylic acids is 1. The van der Waals surface area contributed by atoms with E-state index in [0.29, 0.717) is 10.3 Å². The molecule has 0 saturated heterocycles. The number of rotatable bonds is 4. The molecule has 0 spiro atoms. The van der Waals surface area contributed by atoms with Crippen LogP contribution in [0.3, 0.4) is 0 Å². The van der Waals surface area contributed by atoms with Gasteiger partial charge in [0, 0.05) is 6.20 Å². The van der Waals surface area contributed by atoms with Gasteiger partial charge in [-0.25, -0.2) is 9.78 Å². The lowest BCUT2D eigenvalue weighted by atomic mass is 10.2. The molecule has 4 nitrogen and oxygen atoms in total. The lowest BCUT2D eigenvalue weighted by Gasteiger charge is -2.12. The maximum atomic E-state index is 10.7. The van der Waals surface area contributed by atoms with Gasteiger partial charge in [-0.1, -0.05) is 12.8 Å². The first-order valence-corrected chi connectivity index (χ1v) is 5.49. The molecule has 0 amide bonds. The Kier molecular flexibility index (Phi) is 4.32.